The molecule has 7 nitrogen and oxygen atoms in total. The first-order chi connectivity index (χ1) is 16.1. The zero-order valence-electron chi connectivity index (χ0n) is 19.0. The van der Waals surface area contributed by atoms with E-state index in [1.165, 1.54) is 25.5 Å². The first-order valence-electron chi connectivity index (χ1n) is 11.5. The van der Waals surface area contributed by atoms with Crippen LogP contribution in [0.15, 0.2) is 70.4 Å². The molecule has 1 saturated heterocycles. The number of likely N-dealkylation sites (tertiary alicyclic amines) is 1. The van der Waals surface area contributed by atoms with E-state index in [4.69, 9.17) is 10.3 Å². The highest BCUT2D eigenvalue weighted by Crippen LogP contribution is 2.29. The Morgan fingerprint density at radius 2 is 1.88 bits per heavy atom. The van der Waals surface area contributed by atoms with Gasteiger partial charge in [0.15, 0.2) is 11.7 Å². The fourth-order valence-corrected chi connectivity index (χ4v) is 4.19. The number of hydrogen-bond donors (Lipinski definition) is 2. The van der Waals surface area contributed by atoms with Crippen LogP contribution in [0.25, 0.3) is 0 Å². The normalized spacial score (nSPS) is 15.8. The number of anilines is 1. The predicted molar refractivity (Wildman–Crippen MR) is 131 cm³/mol. The lowest BCUT2D eigenvalue weighted by atomic mass is 9.93. The summed E-state index contributed by atoms with van der Waals surface area (Å²) in [6.07, 6.45) is 5.38. The van der Waals surface area contributed by atoms with Gasteiger partial charge in [-0.25, -0.2) is 0 Å². The van der Waals surface area contributed by atoms with Crippen molar-refractivity contribution < 1.29 is 9.32 Å². The predicted octanol–water partition coefficient (Wildman–Crippen LogP) is 4.27. The number of hydrogen-bond acceptors (Lipinski definition) is 5. The van der Waals surface area contributed by atoms with Crippen LogP contribution in [0.1, 0.15) is 59.3 Å². The summed E-state index contributed by atoms with van der Waals surface area (Å²) in [4.78, 5) is 19.7. The number of piperidine rings is 1. The van der Waals surface area contributed by atoms with Crippen molar-refractivity contribution in [3.63, 3.8) is 0 Å². The molecule has 1 fully saturated rings. The lowest BCUT2D eigenvalue weighted by molar-refractivity contribution is 0.103. The number of guanidine groups is 1. The van der Waals surface area contributed by atoms with E-state index in [1.54, 1.807) is 0 Å². The Labute approximate surface area is 194 Å². The maximum atomic E-state index is 12.9. The van der Waals surface area contributed by atoms with Crippen LogP contribution in [0.4, 0.5) is 5.69 Å². The van der Waals surface area contributed by atoms with Crippen molar-refractivity contribution in [1.29, 1.82) is 0 Å². The molecule has 2 aromatic carbocycles. The van der Waals surface area contributed by atoms with E-state index in [0.717, 1.165) is 25.2 Å². The highest BCUT2D eigenvalue weighted by Gasteiger charge is 2.19. The van der Waals surface area contributed by atoms with Gasteiger partial charge in [0.05, 0.1) is 6.54 Å². The second-order valence-electron chi connectivity index (χ2n) is 8.45. The SMILES string of the molecule is CC(c1cccc(C(=O)c2ccccc2)c1)c1nocc1NC(N)=NCCN1CCCCC1. The molecule has 0 spiro atoms. The van der Waals surface area contributed by atoms with Crippen LogP contribution < -0.4 is 11.1 Å². The number of rotatable bonds is 8. The average Bonchev–Trinajstić information content (AvgIpc) is 3.32. The third-order valence-corrected chi connectivity index (χ3v) is 6.10. The first kappa shape index (κ1) is 22.7. The zero-order chi connectivity index (χ0) is 23.0. The Morgan fingerprint density at radius 3 is 2.67 bits per heavy atom. The smallest absolute Gasteiger partial charge is 0.193 e. The molecule has 1 unspecified atom stereocenters. The second-order valence-corrected chi connectivity index (χ2v) is 8.45. The summed E-state index contributed by atoms with van der Waals surface area (Å²) in [6.45, 7) is 5.87. The van der Waals surface area contributed by atoms with Gasteiger partial charge in [-0.15, -0.1) is 0 Å². The topological polar surface area (TPSA) is 96.8 Å². The molecule has 1 aromatic heterocycles. The van der Waals surface area contributed by atoms with E-state index in [1.807, 2.05) is 61.5 Å². The minimum absolute atomic E-state index is 0.00626. The van der Waals surface area contributed by atoms with E-state index in [9.17, 15) is 4.79 Å². The summed E-state index contributed by atoms with van der Waals surface area (Å²) >= 11 is 0. The van der Waals surface area contributed by atoms with Gasteiger partial charge in [0.2, 0.25) is 0 Å². The molecule has 3 N–H and O–H groups in total. The number of aliphatic imine (C=N–C) groups is 1. The molecule has 4 rings (SSSR count). The van der Waals surface area contributed by atoms with E-state index < -0.39 is 0 Å². The second kappa shape index (κ2) is 10.9. The Hall–Kier alpha value is -3.45. The van der Waals surface area contributed by atoms with Gasteiger partial charge in [0.1, 0.15) is 17.6 Å². The van der Waals surface area contributed by atoms with Crippen molar-refractivity contribution in [2.45, 2.75) is 32.1 Å². The standard InChI is InChI=1S/C26H31N5O2/c1-19(21-11-8-12-22(17-21)25(32)20-9-4-2-5-10-20)24-23(18-33-30-24)29-26(27)28-13-16-31-14-6-3-7-15-31/h2,4-5,8-12,17-19H,3,6-7,13-16H2,1H3,(H3,27,28,29). The summed E-state index contributed by atoms with van der Waals surface area (Å²) in [7, 11) is 0. The largest absolute Gasteiger partial charge is 0.370 e. The van der Waals surface area contributed by atoms with Crippen molar-refractivity contribution >= 4 is 17.4 Å². The molecular weight excluding hydrogens is 414 g/mol. The lowest BCUT2D eigenvalue weighted by Gasteiger charge is -2.25. The molecule has 1 aliphatic rings. The molecule has 1 atom stereocenters. The van der Waals surface area contributed by atoms with Gasteiger partial charge < -0.3 is 20.5 Å². The maximum absolute atomic E-state index is 12.9. The molecule has 0 aliphatic carbocycles. The number of nitrogens with zero attached hydrogens (tertiary/aromatic N) is 3. The average molecular weight is 446 g/mol. The number of carbonyl (C=O) groups is 1. The number of nitrogens with two attached hydrogens (primary N) is 1. The summed E-state index contributed by atoms with van der Waals surface area (Å²) in [5, 5.41) is 7.32. The summed E-state index contributed by atoms with van der Waals surface area (Å²) in [6, 6.07) is 16.9. The molecule has 0 amide bonds. The van der Waals surface area contributed by atoms with Gasteiger partial charge in [-0.05, 0) is 37.6 Å². The Morgan fingerprint density at radius 1 is 1.12 bits per heavy atom. The van der Waals surface area contributed by atoms with E-state index in [2.05, 4.69) is 20.4 Å². The fourth-order valence-electron chi connectivity index (χ4n) is 4.19. The van der Waals surface area contributed by atoms with Gasteiger partial charge in [-0.1, -0.05) is 67.0 Å². The third-order valence-electron chi connectivity index (χ3n) is 6.10. The molecular formula is C26H31N5O2. The molecule has 0 bridgehead atoms. The summed E-state index contributed by atoms with van der Waals surface area (Å²) in [5.74, 6) is 0.237. The van der Waals surface area contributed by atoms with Crippen LogP contribution in [0, 0.1) is 0 Å². The molecule has 0 radical (unpaired) electrons. The first-order valence-corrected chi connectivity index (χ1v) is 11.5. The van der Waals surface area contributed by atoms with Gasteiger partial charge in [-0.2, -0.15) is 0 Å². The number of carbonyl (C=O) groups excluding carboxylic acids is 1. The van der Waals surface area contributed by atoms with Crippen molar-refractivity contribution in [3.8, 4) is 0 Å². The minimum Gasteiger partial charge on any atom is -0.370 e. The number of benzene rings is 2. The molecule has 1 aliphatic heterocycles. The van der Waals surface area contributed by atoms with Crippen LogP contribution in [0.2, 0.25) is 0 Å². The monoisotopic (exact) mass is 445 g/mol. The minimum atomic E-state index is -0.101. The van der Waals surface area contributed by atoms with Crippen molar-refractivity contribution in [2.75, 3.05) is 31.5 Å². The van der Waals surface area contributed by atoms with Crippen LogP contribution in [0.5, 0.6) is 0 Å². The van der Waals surface area contributed by atoms with Gasteiger partial charge in [0, 0.05) is 23.6 Å². The number of aromatic nitrogens is 1. The Kier molecular flexibility index (Phi) is 7.52. The lowest BCUT2D eigenvalue weighted by Crippen LogP contribution is -2.32. The summed E-state index contributed by atoms with van der Waals surface area (Å²) < 4.78 is 5.24. The molecule has 33 heavy (non-hydrogen) atoms. The van der Waals surface area contributed by atoms with E-state index in [0.29, 0.717) is 35.0 Å². The van der Waals surface area contributed by atoms with Crippen LogP contribution in [0.3, 0.4) is 0 Å². The van der Waals surface area contributed by atoms with Crippen LogP contribution in [-0.2, 0) is 0 Å². The zero-order valence-corrected chi connectivity index (χ0v) is 19.0. The quantitative estimate of drug-likeness (QED) is 0.305. The van der Waals surface area contributed by atoms with Crippen LogP contribution >= 0.6 is 0 Å². The van der Waals surface area contributed by atoms with Gasteiger partial charge in [0.25, 0.3) is 0 Å². The Balaban J connectivity index is 1.42. The molecule has 172 valence electrons. The number of nitrogens with one attached hydrogen (secondary N) is 1. The maximum Gasteiger partial charge on any atom is 0.193 e. The van der Waals surface area contributed by atoms with E-state index in [-0.39, 0.29) is 11.7 Å². The molecule has 7 heteroatoms. The van der Waals surface area contributed by atoms with Crippen LogP contribution in [-0.4, -0.2) is 48.0 Å². The molecule has 2 heterocycles. The number of ketones is 1. The summed E-state index contributed by atoms with van der Waals surface area (Å²) in [5.41, 5.74) is 9.80. The highest BCUT2D eigenvalue weighted by atomic mass is 16.5. The highest BCUT2D eigenvalue weighted by molar-refractivity contribution is 6.09. The molecule has 0 saturated carbocycles. The van der Waals surface area contributed by atoms with Gasteiger partial charge >= 0.3 is 0 Å². The van der Waals surface area contributed by atoms with Crippen molar-refractivity contribution in [2.24, 2.45) is 10.7 Å². The molecule has 3 aromatic rings. The van der Waals surface area contributed by atoms with Crippen molar-refractivity contribution in [3.05, 3.63) is 83.2 Å². The fraction of sp³-hybridized carbons (Fsp3) is 0.346. The Bertz CT molecular complexity index is 1090. The van der Waals surface area contributed by atoms with Crippen molar-refractivity contribution in [1.82, 2.24) is 10.1 Å². The van der Waals surface area contributed by atoms with Gasteiger partial charge in [-0.3, -0.25) is 9.79 Å². The third kappa shape index (κ3) is 5.87. The van der Waals surface area contributed by atoms with E-state index >= 15 is 0 Å².